The summed E-state index contributed by atoms with van der Waals surface area (Å²) in [6.07, 6.45) is 5.88. The van der Waals surface area contributed by atoms with Gasteiger partial charge in [0.05, 0.1) is 6.10 Å². The van der Waals surface area contributed by atoms with E-state index in [0.717, 1.165) is 31.4 Å². The summed E-state index contributed by atoms with van der Waals surface area (Å²) in [7, 11) is 0. The lowest BCUT2D eigenvalue weighted by Crippen LogP contribution is -2.41. The lowest BCUT2D eigenvalue weighted by Gasteiger charge is -2.28. The third-order valence-electron chi connectivity index (χ3n) is 3.09. The Kier molecular flexibility index (Phi) is 4.16. The van der Waals surface area contributed by atoms with Crippen LogP contribution in [0.15, 0.2) is 18.3 Å². The lowest BCUT2D eigenvalue weighted by molar-refractivity contribution is 0.0902. The van der Waals surface area contributed by atoms with Gasteiger partial charge in [-0.05, 0) is 24.5 Å². The second-order valence-corrected chi connectivity index (χ2v) is 4.72. The fraction of sp³-hybridized carbons (Fsp3) is 0.583. The van der Waals surface area contributed by atoms with E-state index in [1.54, 1.807) is 12.3 Å². The minimum atomic E-state index is -0.200. The summed E-state index contributed by atoms with van der Waals surface area (Å²) < 4.78 is 0. The van der Waals surface area contributed by atoms with Crippen LogP contribution in [0.25, 0.3) is 0 Å². The Morgan fingerprint density at radius 1 is 1.38 bits per heavy atom. The molecule has 0 radical (unpaired) electrons. The third kappa shape index (κ3) is 3.17. The van der Waals surface area contributed by atoms with Crippen LogP contribution in [0.1, 0.15) is 31.2 Å². The van der Waals surface area contributed by atoms with Crippen molar-refractivity contribution in [1.29, 1.82) is 0 Å². The smallest absolute Gasteiger partial charge is 0.129 e. The quantitative estimate of drug-likeness (QED) is 0.796. The van der Waals surface area contributed by atoms with Crippen molar-refractivity contribution in [3.8, 4) is 0 Å². The fourth-order valence-corrected chi connectivity index (χ4v) is 2.22. The molecule has 2 rings (SSSR count). The number of pyridine rings is 1. The number of hydrogen-bond donors (Lipinski definition) is 2. The molecule has 1 fully saturated rings. The maximum Gasteiger partial charge on any atom is 0.129 e. The van der Waals surface area contributed by atoms with Crippen LogP contribution in [-0.4, -0.2) is 22.2 Å². The number of hydrogen-bond acceptors (Lipinski definition) is 3. The molecule has 0 saturated heterocycles. The van der Waals surface area contributed by atoms with Gasteiger partial charge in [-0.25, -0.2) is 4.98 Å². The van der Waals surface area contributed by atoms with Gasteiger partial charge in [0.1, 0.15) is 5.15 Å². The summed E-state index contributed by atoms with van der Waals surface area (Å²) in [5.74, 6) is 0. The van der Waals surface area contributed by atoms with Crippen molar-refractivity contribution in [2.75, 3.05) is 0 Å². The highest BCUT2D eigenvalue weighted by atomic mass is 35.5. The normalized spacial score (nSPS) is 25.6. The molecule has 0 aliphatic heterocycles. The molecule has 16 heavy (non-hydrogen) atoms. The summed E-state index contributed by atoms with van der Waals surface area (Å²) in [5, 5.41) is 13.7. The van der Waals surface area contributed by atoms with Gasteiger partial charge in [-0.2, -0.15) is 0 Å². The number of nitrogens with one attached hydrogen (secondary N) is 1. The Morgan fingerprint density at radius 2 is 2.19 bits per heavy atom. The van der Waals surface area contributed by atoms with Gasteiger partial charge >= 0.3 is 0 Å². The Labute approximate surface area is 101 Å². The highest BCUT2D eigenvalue weighted by molar-refractivity contribution is 6.29. The van der Waals surface area contributed by atoms with Crippen molar-refractivity contribution in [2.24, 2.45) is 0 Å². The van der Waals surface area contributed by atoms with Crippen molar-refractivity contribution < 1.29 is 5.11 Å². The van der Waals surface area contributed by atoms with E-state index in [-0.39, 0.29) is 12.1 Å². The molecule has 88 valence electrons. The van der Waals surface area contributed by atoms with Gasteiger partial charge in [0.15, 0.2) is 0 Å². The molecule has 2 unspecified atom stereocenters. The first kappa shape index (κ1) is 11.8. The zero-order valence-electron chi connectivity index (χ0n) is 9.19. The van der Waals surface area contributed by atoms with Crippen LogP contribution in [0, 0.1) is 0 Å². The predicted molar refractivity (Wildman–Crippen MR) is 64.3 cm³/mol. The van der Waals surface area contributed by atoms with Crippen molar-refractivity contribution in [2.45, 2.75) is 44.4 Å². The number of halogens is 1. The zero-order chi connectivity index (χ0) is 11.4. The fourth-order valence-electron chi connectivity index (χ4n) is 2.11. The molecular weight excluding hydrogens is 224 g/mol. The van der Waals surface area contributed by atoms with Gasteiger partial charge < -0.3 is 10.4 Å². The van der Waals surface area contributed by atoms with Crippen LogP contribution < -0.4 is 5.32 Å². The molecule has 4 heteroatoms. The van der Waals surface area contributed by atoms with E-state index < -0.39 is 0 Å². The van der Waals surface area contributed by atoms with E-state index in [9.17, 15) is 5.11 Å². The molecule has 1 aromatic rings. The van der Waals surface area contributed by atoms with Gasteiger partial charge in [0, 0.05) is 18.8 Å². The van der Waals surface area contributed by atoms with Crippen LogP contribution in [-0.2, 0) is 6.54 Å². The maximum atomic E-state index is 9.79. The Morgan fingerprint density at radius 3 is 2.88 bits per heavy atom. The summed E-state index contributed by atoms with van der Waals surface area (Å²) in [5.41, 5.74) is 1.10. The SMILES string of the molecule is OC1CCCCC1NCc1ccc(Cl)nc1. The second-order valence-electron chi connectivity index (χ2n) is 4.33. The van der Waals surface area contributed by atoms with E-state index in [4.69, 9.17) is 11.6 Å². The Bertz CT molecular complexity index is 328. The number of aliphatic hydroxyl groups excluding tert-OH is 1. The highest BCUT2D eigenvalue weighted by Gasteiger charge is 2.21. The van der Waals surface area contributed by atoms with E-state index >= 15 is 0 Å². The molecule has 0 aromatic carbocycles. The molecule has 1 heterocycles. The van der Waals surface area contributed by atoms with Crippen molar-refractivity contribution in [3.05, 3.63) is 29.0 Å². The van der Waals surface area contributed by atoms with Crippen molar-refractivity contribution in [3.63, 3.8) is 0 Å². The summed E-state index contributed by atoms with van der Waals surface area (Å²) in [6.45, 7) is 0.742. The Balaban J connectivity index is 1.84. The monoisotopic (exact) mass is 240 g/mol. The summed E-state index contributed by atoms with van der Waals surface area (Å²) in [4.78, 5) is 4.02. The van der Waals surface area contributed by atoms with Gasteiger partial charge in [0.2, 0.25) is 0 Å². The van der Waals surface area contributed by atoms with Crippen LogP contribution >= 0.6 is 11.6 Å². The van der Waals surface area contributed by atoms with E-state index in [1.807, 2.05) is 6.07 Å². The van der Waals surface area contributed by atoms with Gasteiger partial charge in [-0.3, -0.25) is 0 Å². The molecule has 0 spiro atoms. The first-order valence-electron chi connectivity index (χ1n) is 5.77. The van der Waals surface area contributed by atoms with E-state index in [1.165, 1.54) is 6.42 Å². The van der Waals surface area contributed by atoms with Crippen LogP contribution in [0.5, 0.6) is 0 Å². The minimum Gasteiger partial charge on any atom is -0.392 e. The number of aliphatic hydroxyl groups is 1. The number of nitrogens with zero attached hydrogens (tertiary/aromatic N) is 1. The van der Waals surface area contributed by atoms with Crippen molar-refractivity contribution >= 4 is 11.6 Å². The molecule has 3 nitrogen and oxygen atoms in total. The van der Waals surface area contributed by atoms with Gasteiger partial charge in [0.25, 0.3) is 0 Å². The zero-order valence-corrected chi connectivity index (χ0v) is 9.95. The van der Waals surface area contributed by atoms with E-state index in [0.29, 0.717) is 5.15 Å². The average Bonchev–Trinajstić information content (AvgIpc) is 2.30. The van der Waals surface area contributed by atoms with Crippen LogP contribution in [0.4, 0.5) is 0 Å². The topological polar surface area (TPSA) is 45.1 Å². The highest BCUT2D eigenvalue weighted by Crippen LogP contribution is 2.18. The number of aromatic nitrogens is 1. The summed E-state index contributed by atoms with van der Waals surface area (Å²) in [6, 6.07) is 3.97. The molecule has 1 aromatic heterocycles. The first-order chi connectivity index (χ1) is 7.75. The standard InChI is InChI=1S/C12H17ClN2O/c13-12-6-5-9(8-15-12)7-14-10-3-1-2-4-11(10)16/h5-6,8,10-11,14,16H,1-4,7H2. The maximum absolute atomic E-state index is 9.79. The second kappa shape index (κ2) is 5.62. The molecular formula is C12H17ClN2O. The predicted octanol–water partition coefficient (Wildman–Crippen LogP) is 2.13. The van der Waals surface area contributed by atoms with Crippen LogP contribution in [0.3, 0.4) is 0 Å². The van der Waals surface area contributed by atoms with Gasteiger partial charge in [-0.15, -0.1) is 0 Å². The van der Waals surface area contributed by atoms with Crippen LogP contribution in [0.2, 0.25) is 5.15 Å². The molecule has 0 bridgehead atoms. The van der Waals surface area contributed by atoms with Gasteiger partial charge in [-0.1, -0.05) is 30.5 Å². The minimum absolute atomic E-state index is 0.200. The molecule has 1 aliphatic carbocycles. The third-order valence-corrected chi connectivity index (χ3v) is 3.31. The molecule has 1 saturated carbocycles. The van der Waals surface area contributed by atoms with Crippen molar-refractivity contribution in [1.82, 2.24) is 10.3 Å². The average molecular weight is 241 g/mol. The Hall–Kier alpha value is -0.640. The first-order valence-corrected chi connectivity index (χ1v) is 6.15. The van der Waals surface area contributed by atoms with E-state index in [2.05, 4.69) is 10.3 Å². The largest absolute Gasteiger partial charge is 0.392 e. The number of rotatable bonds is 3. The lowest BCUT2D eigenvalue weighted by atomic mass is 9.92. The molecule has 2 N–H and O–H groups in total. The summed E-state index contributed by atoms with van der Waals surface area (Å²) >= 11 is 5.71. The molecule has 0 amide bonds. The molecule has 1 aliphatic rings. The molecule has 2 atom stereocenters.